The van der Waals surface area contributed by atoms with Crippen LogP contribution in [-0.4, -0.2) is 9.97 Å². The summed E-state index contributed by atoms with van der Waals surface area (Å²) in [5, 5.41) is 2.37. The quantitative estimate of drug-likeness (QED) is 0.177. The molecule has 0 saturated carbocycles. The van der Waals surface area contributed by atoms with Gasteiger partial charge in [-0.05, 0) is 123 Å². The van der Waals surface area contributed by atoms with E-state index < -0.39 is 0 Å². The average molecular weight is 625 g/mol. The van der Waals surface area contributed by atoms with Gasteiger partial charge in [0, 0.05) is 23.1 Å². The van der Waals surface area contributed by atoms with Crippen LogP contribution in [0.2, 0.25) is 0 Å². The Morgan fingerprint density at radius 1 is 0.479 bits per heavy atom. The second kappa shape index (κ2) is 12.8. The minimum absolute atomic E-state index is 0.803. The first-order chi connectivity index (χ1) is 23.3. The fraction of sp³-hybridized carbons (Fsp3) is 0.136. The topological polar surface area (TPSA) is 32.3 Å². The van der Waals surface area contributed by atoms with Crippen LogP contribution in [0.4, 0.5) is 34.3 Å². The van der Waals surface area contributed by atoms with Gasteiger partial charge in [-0.3, -0.25) is 4.90 Å². The number of hydrogen-bond donors (Lipinski definition) is 0. The van der Waals surface area contributed by atoms with Gasteiger partial charge < -0.3 is 4.90 Å². The number of aromatic nitrogens is 2. The molecule has 0 radical (unpaired) electrons. The fourth-order valence-corrected chi connectivity index (χ4v) is 7.24. The van der Waals surface area contributed by atoms with Crippen molar-refractivity contribution in [3.05, 3.63) is 167 Å². The van der Waals surface area contributed by atoms with Gasteiger partial charge in [0.15, 0.2) is 0 Å². The lowest BCUT2D eigenvalue weighted by Gasteiger charge is -2.32. The summed E-state index contributed by atoms with van der Waals surface area (Å²) in [7, 11) is 0. The molecule has 0 atom stereocenters. The van der Waals surface area contributed by atoms with Crippen molar-refractivity contribution in [1.82, 2.24) is 9.97 Å². The number of fused-ring (bicyclic) bond motifs is 1. The van der Waals surface area contributed by atoms with Crippen molar-refractivity contribution in [3.63, 3.8) is 0 Å². The van der Waals surface area contributed by atoms with E-state index in [1.54, 1.807) is 12.5 Å². The molecule has 1 heterocycles. The van der Waals surface area contributed by atoms with E-state index in [0.29, 0.717) is 0 Å². The van der Waals surface area contributed by atoms with Crippen molar-refractivity contribution in [2.75, 3.05) is 9.80 Å². The molecule has 0 aliphatic heterocycles. The van der Waals surface area contributed by atoms with Gasteiger partial charge in [0.05, 0.1) is 17.1 Å². The zero-order valence-electron chi connectivity index (χ0n) is 28.5. The Morgan fingerprint density at radius 3 is 1.50 bits per heavy atom. The second-order valence-corrected chi connectivity index (χ2v) is 12.8. The van der Waals surface area contributed by atoms with Crippen LogP contribution in [0.15, 0.2) is 134 Å². The van der Waals surface area contributed by atoms with Gasteiger partial charge in [0.2, 0.25) is 0 Å². The molecule has 7 rings (SSSR count). The van der Waals surface area contributed by atoms with Crippen molar-refractivity contribution < 1.29 is 0 Å². The van der Waals surface area contributed by atoms with E-state index in [-0.39, 0.29) is 0 Å². The van der Waals surface area contributed by atoms with Crippen molar-refractivity contribution in [2.24, 2.45) is 0 Å². The Hall–Kier alpha value is -5.74. The average Bonchev–Trinajstić information content (AvgIpc) is 3.08. The molecular weight excluding hydrogens is 585 g/mol. The molecular formula is C44H40N4. The van der Waals surface area contributed by atoms with E-state index in [9.17, 15) is 0 Å². The predicted octanol–water partition coefficient (Wildman–Crippen LogP) is 12.1. The minimum Gasteiger partial charge on any atom is -0.309 e. The highest BCUT2D eigenvalue weighted by Gasteiger charge is 2.23. The van der Waals surface area contributed by atoms with Crippen LogP contribution in [0.25, 0.3) is 21.9 Å². The fourth-order valence-electron chi connectivity index (χ4n) is 7.24. The van der Waals surface area contributed by atoms with Gasteiger partial charge in [-0.15, -0.1) is 0 Å². The van der Waals surface area contributed by atoms with Gasteiger partial charge in [0.1, 0.15) is 12.1 Å². The summed E-state index contributed by atoms with van der Waals surface area (Å²) < 4.78 is 0. The van der Waals surface area contributed by atoms with Crippen LogP contribution < -0.4 is 9.80 Å². The Balaban J connectivity index is 1.44. The second-order valence-electron chi connectivity index (χ2n) is 12.8. The van der Waals surface area contributed by atoms with E-state index in [4.69, 9.17) is 4.98 Å². The molecule has 0 saturated heterocycles. The number of aryl methyl sites for hydroxylation is 6. The summed E-state index contributed by atoms with van der Waals surface area (Å²) in [6.45, 7) is 13.2. The van der Waals surface area contributed by atoms with Crippen molar-refractivity contribution in [3.8, 4) is 11.1 Å². The number of benzene rings is 6. The van der Waals surface area contributed by atoms with Crippen LogP contribution in [-0.2, 0) is 0 Å². The number of anilines is 6. The standard InChI is InChI=1S/C44H40N4/c1-29-22-31(3)43(32(4)23-29)48(44-33(5)24-30(2)25-34(44)6)39-18-16-38(17-19-39)47(42-20-21-45-28-46-42)41-27-37-15-11-10-14-36(37)26-40(41)35-12-8-7-9-13-35/h7-28H,1-6H3. The first-order valence-electron chi connectivity index (χ1n) is 16.5. The molecule has 0 bridgehead atoms. The largest absolute Gasteiger partial charge is 0.309 e. The normalized spacial score (nSPS) is 11.1. The molecule has 0 unspecified atom stereocenters. The number of hydrogen-bond acceptors (Lipinski definition) is 4. The molecule has 0 fully saturated rings. The smallest absolute Gasteiger partial charge is 0.140 e. The lowest BCUT2D eigenvalue weighted by Crippen LogP contribution is -2.16. The molecule has 7 aromatic rings. The van der Waals surface area contributed by atoms with Crippen LogP contribution in [0.1, 0.15) is 33.4 Å². The van der Waals surface area contributed by atoms with Gasteiger partial charge in [-0.2, -0.15) is 0 Å². The van der Waals surface area contributed by atoms with Crippen LogP contribution in [0.3, 0.4) is 0 Å². The molecule has 0 aliphatic rings. The minimum atomic E-state index is 0.803. The molecule has 236 valence electrons. The number of rotatable bonds is 7. The maximum Gasteiger partial charge on any atom is 0.140 e. The Bertz CT molecular complexity index is 2140. The van der Waals surface area contributed by atoms with Gasteiger partial charge in [-0.1, -0.05) is 90.0 Å². The third kappa shape index (κ3) is 5.82. The molecule has 6 aromatic carbocycles. The highest BCUT2D eigenvalue weighted by atomic mass is 15.2. The molecule has 4 heteroatoms. The summed E-state index contributed by atoms with van der Waals surface area (Å²) >= 11 is 0. The first-order valence-corrected chi connectivity index (χ1v) is 16.5. The Morgan fingerprint density at radius 2 is 0.979 bits per heavy atom. The van der Waals surface area contributed by atoms with Gasteiger partial charge in [-0.25, -0.2) is 9.97 Å². The zero-order valence-corrected chi connectivity index (χ0v) is 28.5. The predicted molar refractivity (Wildman–Crippen MR) is 203 cm³/mol. The third-order valence-corrected chi connectivity index (χ3v) is 9.07. The molecule has 0 amide bonds. The number of nitrogens with zero attached hydrogens (tertiary/aromatic N) is 4. The van der Waals surface area contributed by atoms with Gasteiger partial charge >= 0.3 is 0 Å². The molecule has 1 aromatic heterocycles. The summed E-state index contributed by atoms with van der Waals surface area (Å²) in [5.41, 5.74) is 15.4. The lowest BCUT2D eigenvalue weighted by molar-refractivity contribution is 1.11. The molecule has 48 heavy (non-hydrogen) atoms. The van der Waals surface area contributed by atoms with E-state index >= 15 is 0 Å². The third-order valence-electron chi connectivity index (χ3n) is 9.07. The molecule has 0 spiro atoms. The first kappa shape index (κ1) is 30.9. The van der Waals surface area contributed by atoms with Crippen LogP contribution >= 0.6 is 0 Å². The van der Waals surface area contributed by atoms with Crippen LogP contribution in [0.5, 0.6) is 0 Å². The molecule has 4 nitrogen and oxygen atoms in total. The maximum absolute atomic E-state index is 4.77. The SMILES string of the molecule is Cc1cc(C)c(N(c2ccc(N(c3ccncn3)c3cc4ccccc4cc3-c3ccccc3)cc2)c2c(C)cc(C)cc2C)c(C)c1. The van der Waals surface area contributed by atoms with E-state index in [1.807, 2.05) is 6.07 Å². The highest BCUT2D eigenvalue weighted by molar-refractivity contribution is 5.98. The van der Waals surface area contributed by atoms with Crippen LogP contribution in [0, 0.1) is 41.5 Å². The zero-order chi connectivity index (χ0) is 33.4. The summed E-state index contributed by atoms with van der Waals surface area (Å²) in [6, 6.07) is 43.7. The highest BCUT2D eigenvalue weighted by Crippen LogP contribution is 2.45. The van der Waals surface area contributed by atoms with Gasteiger partial charge in [0.25, 0.3) is 0 Å². The Kier molecular flexibility index (Phi) is 8.24. The Labute approximate surface area is 284 Å². The lowest BCUT2D eigenvalue weighted by atomic mass is 9.97. The van der Waals surface area contributed by atoms with E-state index in [2.05, 4.69) is 172 Å². The van der Waals surface area contributed by atoms with E-state index in [0.717, 1.165) is 34.0 Å². The van der Waals surface area contributed by atoms with Crippen molar-refractivity contribution in [1.29, 1.82) is 0 Å². The summed E-state index contributed by atoms with van der Waals surface area (Å²) in [6.07, 6.45) is 3.42. The molecule has 0 N–H and O–H groups in total. The summed E-state index contributed by atoms with van der Waals surface area (Å²) in [5.74, 6) is 0.803. The van der Waals surface area contributed by atoms with E-state index in [1.165, 1.54) is 55.5 Å². The van der Waals surface area contributed by atoms with Crippen molar-refractivity contribution >= 4 is 45.0 Å². The monoisotopic (exact) mass is 624 g/mol. The van der Waals surface area contributed by atoms with Crippen molar-refractivity contribution in [2.45, 2.75) is 41.5 Å². The summed E-state index contributed by atoms with van der Waals surface area (Å²) in [4.78, 5) is 13.7. The maximum atomic E-state index is 4.77. The molecule has 0 aliphatic carbocycles.